The second-order valence-corrected chi connectivity index (χ2v) is 3.46. The van der Waals surface area contributed by atoms with Gasteiger partial charge >= 0.3 is 0 Å². The number of rotatable bonds is 5. The molecule has 0 fully saturated rings. The molecule has 0 saturated carbocycles. The SMILES string of the molecule is C#CCOc1ccc(C(C)NCC)c(F)c1. The number of benzene rings is 1. The van der Waals surface area contributed by atoms with Crippen LogP contribution in [0.3, 0.4) is 0 Å². The van der Waals surface area contributed by atoms with Gasteiger partial charge in [-0.15, -0.1) is 6.42 Å². The van der Waals surface area contributed by atoms with Crippen molar-refractivity contribution < 1.29 is 9.13 Å². The maximum atomic E-state index is 13.7. The van der Waals surface area contributed by atoms with Crippen LogP contribution in [0.4, 0.5) is 4.39 Å². The molecule has 1 rings (SSSR count). The summed E-state index contributed by atoms with van der Waals surface area (Å²) in [5.74, 6) is 2.52. The van der Waals surface area contributed by atoms with Gasteiger partial charge in [-0.2, -0.15) is 0 Å². The topological polar surface area (TPSA) is 21.3 Å². The molecule has 86 valence electrons. The highest BCUT2D eigenvalue weighted by Gasteiger charge is 2.10. The van der Waals surface area contributed by atoms with Gasteiger partial charge in [-0.05, 0) is 19.5 Å². The van der Waals surface area contributed by atoms with E-state index in [-0.39, 0.29) is 18.5 Å². The first-order valence-corrected chi connectivity index (χ1v) is 5.28. The summed E-state index contributed by atoms with van der Waals surface area (Å²) in [6.07, 6.45) is 5.05. The van der Waals surface area contributed by atoms with Gasteiger partial charge in [0.05, 0.1) is 0 Å². The van der Waals surface area contributed by atoms with Crippen molar-refractivity contribution in [3.8, 4) is 18.1 Å². The van der Waals surface area contributed by atoms with Gasteiger partial charge in [0.15, 0.2) is 0 Å². The van der Waals surface area contributed by atoms with Crippen molar-refractivity contribution in [2.45, 2.75) is 19.9 Å². The Morgan fingerprint density at radius 3 is 2.88 bits per heavy atom. The Kier molecular flexibility index (Phi) is 4.81. The summed E-state index contributed by atoms with van der Waals surface area (Å²) in [6, 6.07) is 4.80. The fourth-order valence-corrected chi connectivity index (χ4v) is 1.49. The fourth-order valence-electron chi connectivity index (χ4n) is 1.49. The first kappa shape index (κ1) is 12.5. The van der Waals surface area contributed by atoms with E-state index in [4.69, 9.17) is 11.2 Å². The third kappa shape index (κ3) is 3.25. The van der Waals surface area contributed by atoms with Crippen molar-refractivity contribution in [3.05, 3.63) is 29.6 Å². The van der Waals surface area contributed by atoms with Crippen LogP contribution in [0.5, 0.6) is 5.75 Å². The van der Waals surface area contributed by atoms with Crippen molar-refractivity contribution in [1.29, 1.82) is 0 Å². The van der Waals surface area contributed by atoms with Gasteiger partial charge in [0.2, 0.25) is 0 Å². The van der Waals surface area contributed by atoms with Gasteiger partial charge in [0, 0.05) is 17.7 Å². The van der Waals surface area contributed by atoms with Crippen molar-refractivity contribution in [2.75, 3.05) is 13.2 Å². The van der Waals surface area contributed by atoms with Gasteiger partial charge in [0.25, 0.3) is 0 Å². The quantitative estimate of drug-likeness (QED) is 0.771. The van der Waals surface area contributed by atoms with Gasteiger partial charge in [-0.25, -0.2) is 4.39 Å². The van der Waals surface area contributed by atoms with Crippen LogP contribution in [0.2, 0.25) is 0 Å². The summed E-state index contributed by atoms with van der Waals surface area (Å²) in [4.78, 5) is 0. The van der Waals surface area contributed by atoms with Crippen LogP contribution in [0, 0.1) is 18.2 Å². The smallest absolute Gasteiger partial charge is 0.148 e. The summed E-state index contributed by atoms with van der Waals surface area (Å²) in [7, 11) is 0. The van der Waals surface area contributed by atoms with Crippen molar-refractivity contribution in [3.63, 3.8) is 0 Å². The Bertz CT molecular complexity index is 384. The minimum atomic E-state index is -0.275. The van der Waals surface area contributed by atoms with Crippen LogP contribution in [-0.2, 0) is 0 Å². The van der Waals surface area contributed by atoms with E-state index in [9.17, 15) is 4.39 Å². The van der Waals surface area contributed by atoms with Crippen LogP contribution in [0.1, 0.15) is 25.5 Å². The Morgan fingerprint density at radius 2 is 2.31 bits per heavy atom. The zero-order chi connectivity index (χ0) is 12.0. The predicted molar refractivity (Wildman–Crippen MR) is 62.8 cm³/mol. The van der Waals surface area contributed by atoms with E-state index in [1.54, 1.807) is 12.1 Å². The van der Waals surface area contributed by atoms with Gasteiger partial charge in [0.1, 0.15) is 18.2 Å². The zero-order valence-corrected chi connectivity index (χ0v) is 9.59. The average molecular weight is 221 g/mol. The second kappa shape index (κ2) is 6.14. The lowest BCUT2D eigenvalue weighted by Crippen LogP contribution is -2.18. The summed E-state index contributed by atoms with van der Waals surface area (Å²) in [5.41, 5.74) is 0.634. The highest BCUT2D eigenvalue weighted by Crippen LogP contribution is 2.21. The summed E-state index contributed by atoms with van der Waals surface area (Å²) < 4.78 is 18.8. The first-order valence-electron chi connectivity index (χ1n) is 5.28. The molecule has 0 aromatic heterocycles. The molecule has 3 heteroatoms. The van der Waals surface area contributed by atoms with Crippen molar-refractivity contribution >= 4 is 0 Å². The third-order valence-corrected chi connectivity index (χ3v) is 2.27. The van der Waals surface area contributed by atoms with Crippen LogP contribution < -0.4 is 10.1 Å². The molecule has 1 unspecified atom stereocenters. The number of hydrogen-bond donors (Lipinski definition) is 1. The summed E-state index contributed by atoms with van der Waals surface area (Å²) in [6.45, 7) is 4.86. The molecule has 1 atom stereocenters. The highest BCUT2D eigenvalue weighted by molar-refractivity contribution is 5.30. The molecule has 0 amide bonds. The highest BCUT2D eigenvalue weighted by atomic mass is 19.1. The van der Waals surface area contributed by atoms with E-state index in [0.717, 1.165) is 6.54 Å². The zero-order valence-electron chi connectivity index (χ0n) is 9.59. The third-order valence-electron chi connectivity index (χ3n) is 2.27. The molecule has 0 radical (unpaired) electrons. The van der Waals surface area contributed by atoms with Crippen LogP contribution >= 0.6 is 0 Å². The molecular formula is C13H16FNO. The summed E-state index contributed by atoms with van der Waals surface area (Å²) >= 11 is 0. The Hall–Kier alpha value is -1.53. The monoisotopic (exact) mass is 221 g/mol. The van der Waals surface area contributed by atoms with E-state index in [2.05, 4.69) is 11.2 Å². The molecule has 16 heavy (non-hydrogen) atoms. The molecular weight excluding hydrogens is 205 g/mol. The molecule has 0 aliphatic carbocycles. The molecule has 2 nitrogen and oxygen atoms in total. The first-order chi connectivity index (χ1) is 7.69. The molecule has 0 aliphatic rings. The summed E-state index contributed by atoms with van der Waals surface area (Å²) in [5, 5.41) is 3.15. The van der Waals surface area contributed by atoms with Gasteiger partial charge in [-0.3, -0.25) is 0 Å². The molecule has 0 spiro atoms. The lowest BCUT2D eigenvalue weighted by molar-refractivity contribution is 0.367. The average Bonchev–Trinajstić information content (AvgIpc) is 2.26. The lowest BCUT2D eigenvalue weighted by Gasteiger charge is -2.14. The number of nitrogens with one attached hydrogen (secondary N) is 1. The minimum Gasteiger partial charge on any atom is -0.481 e. The maximum Gasteiger partial charge on any atom is 0.148 e. The lowest BCUT2D eigenvalue weighted by atomic mass is 10.1. The molecule has 1 aromatic carbocycles. The number of terminal acetylenes is 1. The van der Waals surface area contributed by atoms with Gasteiger partial charge in [-0.1, -0.05) is 18.9 Å². The van der Waals surface area contributed by atoms with E-state index in [1.807, 2.05) is 13.8 Å². The second-order valence-electron chi connectivity index (χ2n) is 3.46. The largest absolute Gasteiger partial charge is 0.481 e. The number of hydrogen-bond acceptors (Lipinski definition) is 2. The molecule has 1 aromatic rings. The molecule has 1 N–H and O–H groups in total. The molecule has 0 saturated heterocycles. The van der Waals surface area contributed by atoms with E-state index in [1.165, 1.54) is 6.07 Å². The Balaban J connectivity index is 2.79. The molecule has 0 bridgehead atoms. The van der Waals surface area contributed by atoms with Crippen molar-refractivity contribution in [2.24, 2.45) is 0 Å². The van der Waals surface area contributed by atoms with E-state index < -0.39 is 0 Å². The van der Waals surface area contributed by atoms with E-state index in [0.29, 0.717) is 11.3 Å². The van der Waals surface area contributed by atoms with Crippen molar-refractivity contribution in [1.82, 2.24) is 5.32 Å². The van der Waals surface area contributed by atoms with Gasteiger partial charge < -0.3 is 10.1 Å². The Labute approximate surface area is 95.8 Å². The molecule has 0 heterocycles. The van der Waals surface area contributed by atoms with Crippen LogP contribution in [-0.4, -0.2) is 13.2 Å². The Morgan fingerprint density at radius 1 is 1.56 bits per heavy atom. The fraction of sp³-hybridized carbons (Fsp3) is 0.385. The van der Waals surface area contributed by atoms with Crippen LogP contribution in [0.25, 0.3) is 0 Å². The van der Waals surface area contributed by atoms with E-state index >= 15 is 0 Å². The number of ether oxygens (including phenoxy) is 1. The normalized spacial score (nSPS) is 11.9. The minimum absolute atomic E-state index is 0.00770. The standard InChI is InChI=1S/C13H16FNO/c1-4-8-16-11-6-7-12(13(14)9-11)10(3)15-5-2/h1,6-7,9-10,15H,5,8H2,2-3H3. The predicted octanol–water partition coefficient (Wildman–Crippen LogP) is 2.51. The maximum absolute atomic E-state index is 13.7. The molecule has 0 aliphatic heterocycles. The van der Waals surface area contributed by atoms with Crippen LogP contribution in [0.15, 0.2) is 18.2 Å². The number of halogens is 1.